The lowest BCUT2D eigenvalue weighted by molar-refractivity contribution is -0.118. The van der Waals surface area contributed by atoms with E-state index in [1.165, 1.54) is 0 Å². The average Bonchev–Trinajstić information content (AvgIpc) is 2.56. The van der Waals surface area contributed by atoms with Gasteiger partial charge in [0.05, 0.1) is 11.5 Å². The van der Waals surface area contributed by atoms with Gasteiger partial charge in [-0.05, 0) is 43.0 Å². The topological polar surface area (TPSA) is 54.5 Å². The van der Waals surface area contributed by atoms with Crippen LogP contribution >= 0.6 is 0 Å². The van der Waals surface area contributed by atoms with E-state index in [0.717, 1.165) is 27.9 Å². The predicted molar refractivity (Wildman–Crippen MR) is 100 cm³/mol. The molecule has 132 valence electrons. The third kappa shape index (κ3) is 4.10. The molecule has 0 bridgehead atoms. The Bertz CT molecular complexity index is 886. The van der Waals surface area contributed by atoms with E-state index in [2.05, 4.69) is 0 Å². The minimum Gasteiger partial charge on any atom is -0.312 e. The van der Waals surface area contributed by atoms with Crippen molar-refractivity contribution in [2.45, 2.75) is 38.2 Å². The Labute approximate surface area is 149 Å². The maximum Gasteiger partial charge on any atom is 0.227 e. The average molecular weight is 357 g/mol. The summed E-state index contributed by atoms with van der Waals surface area (Å²) in [5.41, 5.74) is 4.69. The smallest absolute Gasteiger partial charge is 0.227 e. The fraction of sp³-hybridized carbons (Fsp3) is 0.350. The lowest BCUT2D eigenvalue weighted by Crippen LogP contribution is -2.34. The van der Waals surface area contributed by atoms with Gasteiger partial charge in [-0.25, -0.2) is 8.42 Å². The predicted octanol–water partition coefficient (Wildman–Crippen LogP) is 3.41. The van der Waals surface area contributed by atoms with Gasteiger partial charge < -0.3 is 4.90 Å². The highest BCUT2D eigenvalue weighted by atomic mass is 32.2. The summed E-state index contributed by atoms with van der Waals surface area (Å²) in [4.78, 5) is 13.7. The number of amides is 1. The van der Waals surface area contributed by atoms with Gasteiger partial charge >= 0.3 is 0 Å². The third-order valence-electron chi connectivity index (χ3n) is 4.55. The second-order valence-electron chi connectivity index (χ2n) is 6.62. The van der Waals surface area contributed by atoms with Crippen molar-refractivity contribution in [3.63, 3.8) is 0 Å². The summed E-state index contributed by atoms with van der Waals surface area (Å²) in [6, 6.07) is 13.2. The van der Waals surface area contributed by atoms with Crippen LogP contribution in [0.1, 0.15) is 35.6 Å². The van der Waals surface area contributed by atoms with E-state index in [0.29, 0.717) is 19.4 Å². The zero-order valence-corrected chi connectivity index (χ0v) is 15.5. The lowest BCUT2D eigenvalue weighted by atomic mass is 9.99. The molecule has 0 spiro atoms. The Balaban J connectivity index is 1.78. The van der Waals surface area contributed by atoms with Crippen molar-refractivity contribution in [3.05, 3.63) is 64.7 Å². The fourth-order valence-corrected chi connectivity index (χ4v) is 4.78. The molecule has 1 heterocycles. The summed E-state index contributed by atoms with van der Waals surface area (Å²) in [6.07, 6.45) is 1.16. The Morgan fingerprint density at radius 1 is 0.960 bits per heavy atom. The number of aryl methyl sites for hydroxylation is 2. The molecular formula is C20H23NO3S. The summed E-state index contributed by atoms with van der Waals surface area (Å²) in [7, 11) is -3.24. The molecule has 4 nitrogen and oxygen atoms in total. The Morgan fingerprint density at radius 2 is 1.60 bits per heavy atom. The van der Waals surface area contributed by atoms with E-state index in [1.54, 1.807) is 4.90 Å². The highest BCUT2D eigenvalue weighted by molar-refractivity contribution is 7.89. The van der Waals surface area contributed by atoms with Crippen molar-refractivity contribution >= 4 is 21.4 Å². The molecule has 2 aromatic rings. The first-order valence-corrected chi connectivity index (χ1v) is 10.4. The first kappa shape index (κ1) is 17.7. The van der Waals surface area contributed by atoms with Gasteiger partial charge in [0.2, 0.25) is 5.91 Å². The van der Waals surface area contributed by atoms with E-state index in [4.69, 9.17) is 0 Å². The molecule has 1 amide bonds. The van der Waals surface area contributed by atoms with Crippen LogP contribution < -0.4 is 4.90 Å². The normalized spacial score (nSPS) is 14.5. The zero-order chi connectivity index (χ0) is 18.0. The molecule has 0 fully saturated rings. The van der Waals surface area contributed by atoms with Crippen LogP contribution in [-0.2, 0) is 32.6 Å². The number of carbonyl (C=O) groups is 1. The molecule has 3 rings (SSSR count). The van der Waals surface area contributed by atoms with Crippen molar-refractivity contribution in [1.29, 1.82) is 0 Å². The molecule has 25 heavy (non-hydrogen) atoms. The van der Waals surface area contributed by atoms with Crippen molar-refractivity contribution in [2.75, 3.05) is 11.4 Å². The number of benzene rings is 2. The molecule has 1 aliphatic rings. The highest BCUT2D eigenvalue weighted by Gasteiger charge is 2.23. The van der Waals surface area contributed by atoms with Crippen LogP contribution in [0.2, 0.25) is 0 Å². The minimum absolute atomic E-state index is 0.0221. The van der Waals surface area contributed by atoms with E-state index < -0.39 is 9.84 Å². The molecule has 0 radical (unpaired) electrons. The molecule has 0 aromatic heterocycles. The number of sulfone groups is 1. The number of nitrogens with zero attached hydrogens (tertiary/aromatic N) is 1. The molecule has 2 aromatic carbocycles. The standard InChI is InChI=1S/C20H23NO3S/c1-3-21-19-10-8-17(12-18(19)9-11-20(21)22)14-25(23,24)13-16-6-4-15(2)5-7-16/h4-8,10,12H,3,9,11,13-14H2,1-2H3. The second kappa shape index (κ2) is 7.00. The molecule has 0 N–H and O–H groups in total. The summed E-state index contributed by atoms with van der Waals surface area (Å²) in [5.74, 6) is 0.202. The van der Waals surface area contributed by atoms with Crippen molar-refractivity contribution in [3.8, 4) is 0 Å². The summed E-state index contributed by atoms with van der Waals surface area (Å²) >= 11 is 0. The zero-order valence-electron chi connectivity index (χ0n) is 14.7. The van der Waals surface area contributed by atoms with Crippen LogP contribution in [0.15, 0.2) is 42.5 Å². The molecule has 0 unspecified atom stereocenters. The second-order valence-corrected chi connectivity index (χ2v) is 8.68. The molecule has 1 aliphatic heterocycles. The monoisotopic (exact) mass is 357 g/mol. The molecular weight excluding hydrogens is 334 g/mol. The van der Waals surface area contributed by atoms with Gasteiger partial charge in [-0.3, -0.25) is 4.79 Å². The van der Waals surface area contributed by atoms with E-state index in [9.17, 15) is 13.2 Å². The molecule has 0 saturated carbocycles. The number of carbonyl (C=O) groups excluding carboxylic acids is 1. The molecule has 0 saturated heterocycles. The number of rotatable bonds is 5. The molecule has 5 heteroatoms. The van der Waals surface area contributed by atoms with Gasteiger partial charge in [0.1, 0.15) is 0 Å². The van der Waals surface area contributed by atoms with Crippen LogP contribution in [0.5, 0.6) is 0 Å². The van der Waals surface area contributed by atoms with Crippen LogP contribution in [0, 0.1) is 6.92 Å². The van der Waals surface area contributed by atoms with Crippen LogP contribution in [0.4, 0.5) is 5.69 Å². The van der Waals surface area contributed by atoms with Gasteiger partial charge in [0.15, 0.2) is 9.84 Å². The van der Waals surface area contributed by atoms with Crippen LogP contribution in [-0.4, -0.2) is 20.9 Å². The molecule has 0 aliphatic carbocycles. The van der Waals surface area contributed by atoms with Gasteiger partial charge in [0, 0.05) is 18.7 Å². The number of hydrogen-bond acceptors (Lipinski definition) is 3. The van der Waals surface area contributed by atoms with Crippen molar-refractivity contribution < 1.29 is 13.2 Å². The minimum atomic E-state index is -3.24. The maximum atomic E-state index is 12.5. The Kier molecular flexibility index (Phi) is 4.95. The van der Waals surface area contributed by atoms with Crippen LogP contribution in [0.3, 0.4) is 0 Å². The van der Waals surface area contributed by atoms with Gasteiger partial charge in [-0.15, -0.1) is 0 Å². The third-order valence-corrected chi connectivity index (χ3v) is 6.10. The molecule has 0 atom stereocenters. The first-order chi connectivity index (χ1) is 11.9. The highest BCUT2D eigenvalue weighted by Crippen LogP contribution is 2.29. The quantitative estimate of drug-likeness (QED) is 0.824. The summed E-state index contributed by atoms with van der Waals surface area (Å²) < 4.78 is 25.1. The summed E-state index contributed by atoms with van der Waals surface area (Å²) in [5, 5.41) is 0. The van der Waals surface area contributed by atoms with E-state index >= 15 is 0 Å². The summed E-state index contributed by atoms with van der Waals surface area (Å²) in [6.45, 7) is 4.57. The van der Waals surface area contributed by atoms with Crippen molar-refractivity contribution in [1.82, 2.24) is 0 Å². The van der Waals surface area contributed by atoms with Crippen molar-refractivity contribution in [2.24, 2.45) is 0 Å². The maximum absolute atomic E-state index is 12.5. The number of fused-ring (bicyclic) bond motifs is 1. The Hall–Kier alpha value is -2.14. The number of anilines is 1. The van der Waals surface area contributed by atoms with Gasteiger partial charge in [0.25, 0.3) is 0 Å². The Morgan fingerprint density at radius 3 is 2.28 bits per heavy atom. The first-order valence-electron chi connectivity index (χ1n) is 8.56. The lowest BCUT2D eigenvalue weighted by Gasteiger charge is -2.28. The number of hydrogen-bond donors (Lipinski definition) is 0. The van der Waals surface area contributed by atoms with Gasteiger partial charge in [-0.1, -0.05) is 42.0 Å². The largest absolute Gasteiger partial charge is 0.312 e. The van der Waals surface area contributed by atoms with E-state index in [-0.39, 0.29) is 17.4 Å². The van der Waals surface area contributed by atoms with Crippen LogP contribution in [0.25, 0.3) is 0 Å². The SMILES string of the molecule is CCN1C(=O)CCc2cc(CS(=O)(=O)Cc3ccc(C)cc3)ccc21. The van der Waals surface area contributed by atoms with Gasteiger partial charge in [-0.2, -0.15) is 0 Å². The fourth-order valence-electron chi connectivity index (χ4n) is 3.29. The van der Waals surface area contributed by atoms with E-state index in [1.807, 2.05) is 56.3 Å².